The van der Waals surface area contributed by atoms with E-state index in [0.717, 1.165) is 21.2 Å². The first-order chi connectivity index (χ1) is 7.36. The Balaban J connectivity index is 2.64. The van der Waals surface area contributed by atoms with Crippen molar-refractivity contribution in [3.8, 4) is 0 Å². The number of pyridine rings is 1. The summed E-state index contributed by atoms with van der Waals surface area (Å²) in [6.07, 6.45) is 3.63. The Morgan fingerprint density at radius 1 is 0.933 bits per heavy atom. The summed E-state index contributed by atoms with van der Waals surface area (Å²) < 4.78 is 0. The molecule has 0 unspecified atom stereocenters. The Morgan fingerprint density at radius 3 is 2.73 bits per heavy atom. The highest BCUT2D eigenvalue weighted by Gasteiger charge is 2.03. The molecule has 3 rings (SSSR count). The molecule has 2 aromatic carbocycles. The summed E-state index contributed by atoms with van der Waals surface area (Å²) in [5.41, 5.74) is 0. The Labute approximate surface area is 92.3 Å². The second-order valence-electron chi connectivity index (χ2n) is 3.50. The highest BCUT2D eigenvalue weighted by atomic mass is 35.5. The lowest BCUT2D eigenvalue weighted by Gasteiger charge is -2.04. The van der Waals surface area contributed by atoms with Crippen LogP contribution in [0.1, 0.15) is 0 Å². The van der Waals surface area contributed by atoms with Crippen molar-refractivity contribution in [1.82, 2.24) is 4.98 Å². The summed E-state index contributed by atoms with van der Waals surface area (Å²) in [5.74, 6) is 0. The van der Waals surface area contributed by atoms with Crippen LogP contribution in [0.4, 0.5) is 0 Å². The predicted octanol–water partition coefficient (Wildman–Crippen LogP) is 4.04. The summed E-state index contributed by atoms with van der Waals surface area (Å²) in [4.78, 5) is 4.15. The van der Waals surface area contributed by atoms with E-state index in [2.05, 4.69) is 17.1 Å². The molecule has 0 fully saturated rings. The predicted molar refractivity (Wildman–Crippen MR) is 64.3 cm³/mol. The van der Waals surface area contributed by atoms with Gasteiger partial charge in [-0.15, -0.1) is 0 Å². The third kappa shape index (κ3) is 1.28. The zero-order chi connectivity index (χ0) is 10.3. The molecule has 0 amide bonds. The normalized spacial score (nSPS) is 11.0. The monoisotopic (exact) mass is 213 g/mol. The molecule has 1 nitrogen and oxygen atoms in total. The Kier molecular flexibility index (Phi) is 1.86. The highest BCUT2D eigenvalue weighted by Crippen LogP contribution is 2.30. The van der Waals surface area contributed by atoms with Gasteiger partial charge in [0.25, 0.3) is 0 Å². The minimum absolute atomic E-state index is 0.783. The van der Waals surface area contributed by atoms with E-state index in [1.165, 1.54) is 5.39 Å². The molecule has 0 saturated heterocycles. The molecule has 15 heavy (non-hydrogen) atoms. The van der Waals surface area contributed by atoms with Gasteiger partial charge in [0.1, 0.15) is 0 Å². The molecule has 0 saturated carbocycles. The first kappa shape index (κ1) is 8.69. The molecule has 0 aliphatic heterocycles. The lowest BCUT2D eigenvalue weighted by atomic mass is 10.0. The average molecular weight is 214 g/mol. The van der Waals surface area contributed by atoms with E-state index in [-0.39, 0.29) is 0 Å². The molecule has 0 aliphatic carbocycles. The number of aromatic nitrogens is 1. The standard InChI is InChI=1S/C13H8ClN/c14-13-7-9-3-1-2-4-10(9)12-8-15-6-5-11(12)13/h1-8H. The fourth-order valence-electron chi connectivity index (χ4n) is 1.90. The second-order valence-corrected chi connectivity index (χ2v) is 3.91. The van der Waals surface area contributed by atoms with Gasteiger partial charge in [-0.2, -0.15) is 0 Å². The van der Waals surface area contributed by atoms with Crippen LogP contribution in [0.25, 0.3) is 21.5 Å². The molecule has 0 N–H and O–H groups in total. The van der Waals surface area contributed by atoms with Crippen LogP contribution in [0.2, 0.25) is 5.02 Å². The number of halogens is 1. The fraction of sp³-hybridized carbons (Fsp3) is 0. The van der Waals surface area contributed by atoms with Crippen LogP contribution < -0.4 is 0 Å². The molecular weight excluding hydrogens is 206 g/mol. The lowest BCUT2D eigenvalue weighted by Crippen LogP contribution is -1.80. The number of nitrogens with zero attached hydrogens (tertiary/aromatic N) is 1. The van der Waals surface area contributed by atoms with E-state index in [1.807, 2.05) is 30.5 Å². The van der Waals surface area contributed by atoms with Crippen molar-refractivity contribution < 1.29 is 0 Å². The van der Waals surface area contributed by atoms with Gasteiger partial charge in [-0.05, 0) is 22.9 Å². The zero-order valence-electron chi connectivity index (χ0n) is 7.94. The van der Waals surface area contributed by atoms with Gasteiger partial charge in [0.2, 0.25) is 0 Å². The van der Waals surface area contributed by atoms with Crippen molar-refractivity contribution in [1.29, 1.82) is 0 Å². The van der Waals surface area contributed by atoms with Crippen molar-refractivity contribution in [3.05, 3.63) is 53.8 Å². The van der Waals surface area contributed by atoms with Crippen molar-refractivity contribution in [2.45, 2.75) is 0 Å². The van der Waals surface area contributed by atoms with Crippen molar-refractivity contribution in [2.24, 2.45) is 0 Å². The highest BCUT2D eigenvalue weighted by molar-refractivity contribution is 6.37. The summed E-state index contributed by atoms with van der Waals surface area (Å²) in [5, 5.41) is 5.31. The molecule has 0 radical (unpaired) electrons. The van der Waals surface area contributed by atoms with Gasteiger partial charge in [-0.1, -0.05) is 35.9 Å². The van der Waals surface area contributed by atoms with Gasteiger partial charge in [0, 0.05) is 28.2 Å². The zero-order valence-corrected chi connectivity index (χ0v) is 8.70. The number of hydrogen-bond acceptors (Lipinski definition) is 1. The minimum Gasteiger partial charge on any atom is -0.264 e. The minimum atomic E-state index is 0.783. The van der Waals surface area contributed by atoms with Crippen LogP contribution in [0.15, 0.2) is 48.8 Å². The van der Waals surface area contributed by atoms with E-state index < -0.39 is 0 Å². The summed E-state index contributed by atoms with van der Waals surface area (Å²) in [7, 11) is 0. The smallest absolute Gasteiger partial charge is 0.0491 e. The molecule has 1 aromatic heterocycles. The van der Waals surface area contributed by atoms with Crippen molar-refractivity contribution >= 4 is 33.1 Å². The quantitative estimate of drug-likeness (QED) is 0.514. The van der Waals surface area contributed by atoms with Gasteiger partial charge in [0.15, 0.2) is 0 Å². The number of hydrogen-bond donors (Lipinski definition) is 0. The van der Waals surface area contributed by atoms with Crippen LogP contribution >= 0.6 is 11.6 Å². The molecular formula is C13H8ClN. The molecule has 0 atom stereocenters. The third-order valence-electron chi connectivity index (χ3n) is 2.61. The van der Waals surface area contributed by atoms with Crippen molar-refractivity contribution in [3.63, 3.8) is 0 Å². The Morgan fingerprint density at radius 2 is 1.80 bits per heavy atom. The second kappa shape index (κ2) is 3.21. The van der Waals surface area contributed by atoms with Crippen LogP contribution in [0, 0.1) is 0 Å². The van der Waals surface area contributed by atoms with E-state index in [4.69, 9.17) is 11.6 Å². The summed E-state index contributed by atoms with van der Waals surface area (Å²) in [6.45, 7) is 0. The SMILES string of the molecule is Clc1cc2ccccc2c2cnccc12. The largest absolute Gasteiger partial charge is 0.264 e. The van der Waals surface area contributed by atoms with Gasteiger partial charge >= 0.3 is 0 Å². The number of rotatable bonds is 0. The summed E-state index contributed by atoms with van der Waals surface area (Å²) in [6, 6.07) is 12.1. The molecule has 0 aliphatic rings. The fourth-order valence-corrected chi connectivity index (χ4v) is 2.18. The maximum Gasteiger partial charge on any atom is 0.0491 e. The third-order valence-corrected chi connectivity index (χ3v) is 2.92. The molecule has 3 aromatic rings. The van der Waals surface area contributed by atoms with E-state index in [1.54, 1.807) is 6.20 Å². The molecule has 1 heterocycles. The Bertz CT molecular complexity index is 646. The van der Waals surface area contributed by atoms with Crippen molar-refractivity contribution in [2.75, 3.05) is 0 Å². The van der Waals surface area contributed by atoms with Gasteiger partial charge in [0.05, 0.1) is 0 Å². The maximum atomic E-state index is 6.21. The molecule has 72 valence electrons. The number of fused-ring (bicyclic) bond motifs is 3. The van der Waals surface area contributed by atoms with Gasteiger partial charge in [-0.25, -0.2) is 0 Å². The lowest BCUT2D eigenvalue weighted by molar-refractivity contribution is 1.37. The first-order valence-electron chi connectivity index (χ1n) is 4.77. The molecule has 2 heteroatoms. The maximum absolute atomic E-state index is 6.21. The van der Waals surface area contributed by atoms with E-state index >= 15 is 0 Å². The van der Waals surface area contributed by atoms with Crippen LogP contribution in [0.3, 0.4) is 0 Å². The number of benzene rings is 2. The topological polar surface area (TPSA) is 12.9 Å². The van der Waals surface area contributed by atoms with E-state index in [0.29, 0.717) is 0 Å². The average Bonchev–Trinajstić information content (AvgIpc) is 2.30. The molecule has 0 bridgehead atoms. The van der Waals surface area contributed by atoms with E-state index in [9.17, 15) is 0 Å². The first-order valence-corrected chi connectivity index (χ1v) is 5.15. The van der Waals surface area contributed by atoms with Crippen LogP contribution in [0.5, 0.6) is 0 Å². The Hall–Kier alpha value is -1.60. The van der Waals surface area contributed by atoms with Gasteiger partial charge in [-0.3, -0.25) is 4.98 Å². The van der Waals surface area contributed by atoms with Crippen LogP contribution in [-0.2, 0) is 0 Å². The van der Waals surface area contributed by atoms with Gasteiger partial charge < -0.3 is 0 Å². The van der Waals surface area contributed by atoms with Crippen LogP contribution in [-0.4, -0.2) is 4.98 Å². The summed E-state index contributed by atoms with van der Waals surface area (Å²) >= 11 is 6.21. The molecule has 0 spiro atoms.